The van der Waals surface area contributed by atoms with Crippen LogP contribution in [-0.2, 0) is 0 Å². The molecular formula is C13H21N3O2. The van der Waals surface area contributed by atoms with Gasteiger partial charge in [0.05, 0.1) is 23.0 Å². The van der Waals surface area contributed by atoms with Crippen molar-refractivity contribution >= 4 is 17.3 Å². The lowest BCUT2D eigenvalue weighted by atomic mass is 9.97. The molecule has 1 aromatic rings. The third-order valence-electron chi connectivity index (χ3n) is 3.04. The molecular weight excluding hydrogens is 230 g/mol. The molecule has 1 rings (SSSR count). The zero-order valence-corrected chi connectivity index (χ0v) is 11.2. The van der Waals surface area contributed by atoms with Gasteiger partial charge in [-0.2, -0.15) is 0 Å². The van der Waals surface area contributed by atoms with E-state index in [2.05, 4.69) is 10.6 Å². The quantitative estimate of drug-likeness (QED) is 0.606. The lowest BCUT2D eigenvalue weighted by Crippen LogP contribution is -2.42. The smallest absolute Gasteiger partial charge is 0.251 e. The van der Waals surface area contributed by atoms with Gasteiger partial charge in [-0.15, -0.1) is 0 Å². The summed E-state index contributed by atoms with van der Waals surface area (Å²) >= 11 is 0. The minimum absolute atomic E-state index is 0.173. The van der Waals surface area contributed by atoms with Gasteiger partial charge in [-0.1, -0.05) is 0 Å². The molecule has 0 aliphatic heterocycles. The van der Waals surface area contributed by atoms with Crippen molar-refractivity contribution in [3.63, 3.8) is 0 Å². The summed E-state index contributed by atoms with van der Waals surface area (Å²) in [6.45, 7) is 5.43. The first-order valence-electron chi connectivity index (χ1n) is 5.86. The van der Waals surface area contributed by atoms with Crippen LogP contribution >= 0.6 is 0 Å². The Kier molecular flexibility index (Phi) is 4.19. The molecule has 1 unspecified atom stereocenters. The summed E-state index contributed by atoms with van der Waals surface area (Å²) < 4.78 is 0. The average Bonchev–Trinajstić information content (AvgIpc) is 2.30. The Hall–Kier alpha value is -1.75. The van der Waals surface area contributed by atoms with Crippen LogP contribution in [0.25, 0.3) is 0 Å². The van der Waals surface area contributed by atoms with E-state index in [4.69, 9.17) is 5.73 Å². The largest absolute Gasteiger partial charge is 0.397 e. The van der Waals surface area contributed by atoms with Gasteiger partial charge in [0.2, 0.25) is 0 Å². The highest BCUT2D eigenvalue weighted by Crippen LogP contribution is 2.25. The predicted octanol–water partition coefficient (Wildman–Crippen LogP) is 1.20. The van der Waals surface area contributed by atoms with E-state index in [9.17, 15) is 9.90 Å². The molecule has 0 saturated heterocycles. The normalized spacial score (nSPS) is 12.9. The van der Waals surface area contributed by atoms with E-state index in [1.807, 2.05) is 13.8 Å². The molecule has 5 N–H and O–H groups in total. The van der Waals surface area contributed by atoms with Gasteiger partial charge in [-0.25, -0.2) is 0 Å². The van der Waals surface area contributed by atoms with Gasteiger partial charge in [0.1, 0.15) is 0 Å². The van der Waals surface area contributed by atoms with Crippen LogP contribution in [0.2, 0.25) is 0 Å². The molecule has 0 heterocycles. The molecule has 0 aliphatic rings. The van der Waals surface area contributed by atoms with Crippen molar-refractivity contribution in [1.82, 2.24) is 5.32 Å². The first-order valence-corrected chi connectivity index (χ1v) is 5.86. The molecule has 0 aromatic heterocycles. The van der Waals surface area contributed by atoms with Crippen molar-refractivity contribution in [1.29, 1.82) is 0 Å². The monoisotopic (exact) mass is 251 g/mol. The number of nitrogens with one attached hydrogen (secondary N) is 2. The Morgan fingerprint density at radius 3 is 2.56 bits per heavy atom. The van der Waals surface area contributed by atoms with Crippen molar-refractivity contribution in [2.75, 3.05) is 18.1 Å². The number of carbonyl (C=O) groups is 1. The molecule has 5 nitrogen and oxygen atoms in total. The number of aliphatic hydroxyl groups is 1. The molecule has 1 amide bonds. The minimum atomic E-state index is -0.555. The third-order valence-corrected chi connectivity index (χ3v) is 3.04. The second kappa shape index (κ2) is 5.27. The highest BCUT2D eigenvalue weighted by atomic mass is 16.3. The fraction of sp³-hybridized carbons (Fsp3) is 0.462. The van der Waals surface area contributed by atoms with E-state index in [-0.39, 0.29) is 5.91 Å². The maximum atomic E-state index is 11.5. The Balaban J connectivity index is 3.05. The Morgan fingerprint density at radius 2 is 2.06 bits per heavy atom. The van der Waals surface area contributed by atoms with Crippen LogP contribution in [0.15, 0.2) is 18.2 Å². The molecule has 100 valence electrons. The SMILES string of the molecule is CNC(=O)c1ccc(N)c(NC(C)(C)C(C)O)c1. The highest BCUT2D eigenvalue weighted by Gasteiger charge is 2.24. The number of benzene rings is 1. The summed E-state index contributed by atoms with van der Waals surface area (Å²) in [6.07, 6.45) is -0.555. The van der Waals surface area contributed by atoms with Gasteiger partial charge in [-0.3, -0.25) is 4.79 Å². The number of hydrogen-bond donors (Lipinski definition) is 4. The maximum absolute atomic E-state index is 11.5. The molecule has 18 heavy (non-hydrogen) atoms. The first kappa shape index (κ1) is 14.3. The van der Waals surface area contributed by atoms with Crippen LogP contribution in [-0.4, -0.2) is 29.7 Å². The van der Waals surface area contributed by atoms with E-state index in [0.29, 0.717) is 16.9 Å². The van der Waals surface area contributed by atoms with E-state index < -0.39 is 11.6 Å². The predicted molar refractivity (Wildman–Crippen MR) is 73.6 cm³/mol. The molecule has 0 saturated carbocycles. The number of nitrogens with two attached hydrogens (primary N) is 1. The Bertz CT molecular complexity index is 442. The van der Waals surface area contributed by atoms with E-state index in [1.54, 1.807) is 32.2 Å². The van der Waals surface area contributed by atoms with Crippen molar-refractivity contribution in [3.8, 4) is 0 Å². The molecule has 0 spiro atoms. The lowest BCUT2D eigenvalue weighted by Gasteiger charge is -2.31. The number of nitrogen functional groups attached to an aromatic ring is 1. The number of aliphatic hydroxyl groups excluding tert-OH is 1. The molecule has 1 atom stereocenters. The van der Waals surface area contributed by atoms with Crippen molar-refractivity contribution in [2.45, 2.75) is 32.4 Å². The molecule has 0 bridgehead atoms. The third kappa shape index (κ3) is 3.13. The van der Waals surface area contributed by atoms with Gasteiger partial charge in [0, 0.05) is 12.6 Å². The number of rotatable bonds is 4. The molecule has 5 heteroatoms. The summed E-state index contributed by atoms with van der Waals surface area (Å²) in [6, 6.07) is 5.01. The van der Waals surface area contributed by atoms with Gasteiger partial charge in [-0.05, 0) is 39.0 Å². The highest BCUT2D eigenvalue weighted by molar-refractivity contribution is 5.96. The molecule has 0 radical (unpaired) electrons. The maximum Gasteiger partial charge on any atom is 0.251 e. The standard InChI is InChI=1S/C13H21N3O2/c1-8(17)13(2,3)16-11-7-9(12(18)15-4)5-6-10(11)14/h5-8,16-17H,14H2,1-4H3,(H,15,18). The minimum Gasteiger partial charge on any atom is -0.397 e. The van der Waals surface area contributed by atoms with Crippen LogP contribution in [0.5, 0.6) is 0 Å². The fourth-order valence-corrected chi connectivity index (χ4v) is 1.40. The zero-order valence-electron chi connectivity index (χ0n) is 11.2. The van der Waals surface area contributed by atoms with Crippen LogP contribution in [0.1, 0.15) is 31.1 Å². The van der Waals surface area contributed by atoms with Gasteiger partial charge in [0.15, 0.2) is 0 Å². The summed E-state index contributed by atoms with van der Waals surface area (Å²) in [4.78, 5) is 11.5. The summed E-state index contributed by atoms with van der Waals surface area (Å²) in [5, 5.41) is 15.4. The van der Waals surface area contributed by atoms with Crippen LogP contribution in [0.3, 0.4) is 0 Å². The van der Waals surface area contributed by atoms with Crippen LogP contribution in [0.4, 0.5) is 11.4 Å². The molecule has 1 aromatic carbocycles. The second-order valence-corrected chi connectivity index (χ2v) is 4.90. The average molecular weight is 251 g/mol. The van der Waals surface area contributed by atoms with Crippen LogP contribution < -0.4 is 16.4 Å². The van der Waals surface area contributed by atoms with Crippen molar-refractivity contribution in [2.24, 2.45) is 0 Å². The topological polar surface area (TPSA) is 87.4 Å². The fourth-order valence-electron chi connectivity index (χ4n) is 1.40. The number of carbonyl (C=O) groups excluding carboxylic acids is 1. The van der Waals surface area contributed by atoms with Crippen molar-refractivity contribution < 1.29 is 9.90 Å². The van der Waals surface area contributed by atoms with E-state index >= 15 is 0 Å². The Morgan fingerprint density at radius 1 is 1.44 bits per heavy atom. The van der Waals surface area contributed by atoms with Gasteiger partial charge in [0.25, 0.3) is 5.91 Å². The number of hydrogen-bond acceptors (Lipinski definition) is 4. The van der Waals surface area contributed by atoms with Gasteiger partial charge < -0.3 is 21.5 Å². The van der Waals surface area contributed by atoms with E-state index in [0.717, 1.165) is 0 Å². The van der Waals surface area contributed by atoms with E-state index in [1.165, 1.54) is 0 Å². The van der Waals surface area contributed by atoms with Crippen LogP contribution in [0, 0.1) is 0 Å². The zero-order chi connectivity index (χ0) is 13.9. The second-order valence-electron chi connectivity index (χ2n) is 4.90. The van der Waals surface area contributed by atoms with Crippen molar-refractivity contribution in [3.05, 3.63) is 23.8 Å². The summed E-state index contributed by atoms with van der Waals surface area (Å²) in [5.41, 5.74) is 7.03. The summed E-state index contributed by atoms with van der Waals surface area (Å²) in [7, 11) is 1.57. The van der Waals surface area contributed by atoms with Gasteiger partial charge >= 0.3 is 0 Å². The summed E-state index contributed by atoms with van der Waals surface area (Å²) in [5.74, 6) is -0.173. The number of amides is 1. The first-order chi connectivity index (χ1) is 8.27. The molecule has 0 aliphatic carbocycles. The number of anilines is 2. The lowest BCUT2D eigenvalue weighted by molar-refractivity contribution is 0.0963. The Labute approximate surface area is 107 Å². The molecule has 0 fully saturated rings.